The first-order valence-electron chi connectivity index (χ1n) is 14.1. The standard InChI is InChI=1S/C38H20N4S/c39-21-23-17-19-33(29(22-40)37(23)42-30-13-5-1-9-24(30)25-10-2-6-14-31(25)42)41-32-15-7-3-12-28(32)36-34(41)20-18-27-26-11-4-8-16-35(26)43-38(27)36/h1-20H. The largest absolute Gasteiger partial charge is 0.308 e. The SMILES string of the molecule is N#Cc1ccc(-n2c3ccccc3c3c4sc5ccccc5c4ccc32)c(C#N)c1-n1c2ccccc2c2ccccc21. The van der Waals surface area contributed by atoms with Crippen LogP contribution in [0.3, 0.4) is 0 Å². The fourth-order valence-electron chi connectivity index (χ4n) is 6.86. The lowest BCUT2D eigenvalue weighted by atomic mass is 10.0. The first kappa shape index (κ1) is 23.8. The fourth-order valence-corrected chi connectivity index (χ4v) is 8.12. The average molecular weight is 565 g/mol. The van der Waals surface area contributed by atoms with Gasteiger partial charge in [0.25, 0.3) is 0 Å². The van der Waals surface area contributed by atoms with Crippen LogP contribution in [0.5, 0.6) is 0 Å². The maximum absolute atomic E-state index is 10.9. The van der Waals surface area contributed by atoms with Crippen LogP contribution in [0.1, 0.15) is 11.1 Å². The molecular formula is C38H20N4S. The van der Waals surface area contributed by atoms with Crippen molar-refractivity contribution >= 4 is 75.1 Å². The van der Waals surface area contributed by atoms with E-state index in [1.54, 1.807) is 0 Å². The van der Waals surface area contributed by atoms with Gasteiger partial charge in [0.15, 0.2) is 0 Å². The molecule has 0 unspecified atom stereocenters. The van der Waals surface area contributed by atoms with Crippen molar-refractivity contribution in [3.8, 4) is 23.5 Å². The van der Waals surface area contributed by atoms with Crippen molar-refractivity contribution in [1.82, 2.24) is 9.13 Å². The molecule has 6 aromatic carbocycles. The summed E-state index contributed by atoms with van der Waals surface area (Å²) in [7, 11) is 0. The second-order valence-electron chi connectivity index (χ2n) is 10.7. The molecule has 198 valence electrons. The maximum Gasteiger partial charge on any atom is 0.104 e. The highest BCUT2D eigenvalue weighted by Gasteiger charge is 2.24. The van der Waals surface area contributed by atoms with E-state index in [2.05, 4.69) is 100 Å². The van der Waals surface area contributed by atoms with Gasteiger partial charge in [0, 0.05) is 41.7 Å². The van der Waals surface area contributed by atoms with Crippen LogP contribution < -0.4 is 0 Å². The first-order valence-corrected chi connectivity index (χ1v) is 14.9. The summed E-state index contributed by atoms with van der Waals surface area (Å²) in [6.07, 6.45) is 0. The van der Waals surface area contributed by atoms with Crippen LogP contribution in [0.15, 0.2) is 121 Å². The number of hydrogen-bond donors (Lipinski definition) is 0. The molecule has 0 aliphatic carbocycles. The van der Waals surface area contributed by atoms with Gasteiger partial charge in [0.1, 0.15) is 17.7 Å². The van der Waals surface area contributed by atoms with Crippen molar-refractivity contribution in [3.05, 3.63) is 132 Å². The number of nitriles is 2. The lowest BCUT2D eigenvalue weighted by Crippen LogP contribution is -2.06. The Balaban J connectivity index is 1.45. The number of para-hydroxylation sites is 3. The van der Waals surface area contributed by atoms with Crippen LogP contribution >= 0.6 is 11.3 Å². The highest BCUT2D eigenvalue weighted by atomic mass is 32.1. The van der Waals surface area contributed by atoms with Gasteiger partial charge in [-0.3, -0.25) is 0 Å². The predicted octanol–water partition coefficient (Wildman–Crippen LogP) is 9.99. The average Bonchev–Trinajstić information content (AvgIpc) is 3.71. The molecule has 0 bridgehead atoms. The first-order chi connectivity index (χ1) is 21.3. The van der Waals surface area contributed by atoms with Gasteiger partial charge in [-0.25, -0.2) is 0 Å². The minimum Gasteiger partial charge on any atom is -0.308 e. The molecule has 0 spiro atoms. The van der Waals surface area contributed by atoms with E-state index < -0.39 is 0 Å². The Labute approximate surface area is 250 Å². The summed E-state index contributed by atoms with van der Waals surface area (Å²) in [5.74, 6) is 0. The van der Waals surface area contributed by atoms with Crippen LogP contribution in [0.4, 0.5) is 0 Å². The van der Waals surface area contributed by atoms with Crippen LogP contribution in [0.2, 0.25) is 0 Å². The van der Waals surface area contributed by atoms with E-state index in [0.29, 0.717) is 16.8 Å². The van der Waals surface area contributed by atoms with Gasteiger partial charge in [-0.15, -0.1) is 11.3 Å². The van der Waals surface area contributed by atoms with E-state index in [-0.39, 0.29) is 0 Å². The Bertz CT molecular complexity index is 2650. The van der Waals surface area contributed by atoms with Gasteiger partial charge in [-0.05, 0) is 42.5 Å². The summed E-state index contributed by atoms with van der Waals surface area (Å²) in [6, 6.07) is 46.4. The molecule has 4 nitrogen and oxygen atoms in total. The van der Waals surface area contributed by atoms with Crippen molar-refractivity contribution in [3.63, 3.8) is 0 Å². The molecule has 0 aliphatic rings. The van der Waals surface area contributed by atoms with Gasteiger partial charge < -0.3 is 9.13 Å². The summed E-state index contributed by atoms with van der Waals surface area (Å²) >= 11 is 1.81. The van der Waals surface area contributed by atoms with E-state index in [0.717, 1.165) is 43.9 Å². The Morgan fingerprint density at radius 2 is 1.09 bits per heavy atom. The van der Waals surface area contributed by atoms with Crippen LogP contribution in [-0.2, 0) is 0 Å². The van der Waals surface area contributed by atoms with Crippen molar-refractivity contribution in [2.45, 2.75) is 0 Å². The lowest BCUT2D eigenvalue weighted by molar-refractivity contribution is 1.11. The molecule has 9 rings (SSSR count). The number of thiophene rings is 1. The summed E-state index contributed by atoms with van der Waals surface area (Å²) in [4.78, 5) is 0. The normalized spacial score (nSPS) is 11.7. The zero-order valence-corrected chi connectivity index (χ0v) is 23.6. The molecule has 0 amide bonds. The zero-order valence-electron chi connectivity index (χ0n) is 22.7. The smallest absolute Gasteiger partial charge is 0.104 e. The summed E-state index contributed by atoms with van der Waals surface area (Å²) in [5, 5.41) is 28.2. The number of nitrogens with zero attached hydrogens (tertiary/aromatic N) is 4. The number of benzene rings is 6. The molecule has 0 N–H and O–H groups in total. The Hall–Kier alpha value is -5.88. The summed E-state index contributed by atoms with van der Waals surface area (Å²) in [5.41, 5.74) is 6.26. The molecule has 0 saturated heterocycles. The molecule has 43 heavy (non-hydrogen) atoms. The Morgan fingerprint density at radius 1 is 0.488 bits per heavy atom. The number of hydrogen-bond acceptors (Lipinski definition) is 3. The minimum absolute atomic E-state index is 0.458. The van der Waals surface area contributed by atoms with Crippen molar-refractivity contribution < 1.29 is 0 Å². The molecule has 0 saturated carbocycles. The highest BCUT2D eigenvalue weighted by Crippen LogP contribution is 2.44. The number of rotatable bonds is 2. The molecule has 0 atom stereocenters. The van der Waals surface area contributed by atoms with E-state index in [1.807, 2.05) is 53.8 Å². The maximum atomic E-state index is 10.9. The van der Waals surface area contributed by atoms with E-state index in [9.17, 15) is 10.5 Å². The molecule has 5 heteroatoms. The van der Waals surface area contributed by atoms with Gasteiger partial charge in [0.05, 0.1) is 39.0 Å². The zero-order chi connectivity index (χ0) is 28.7. The van der Waals surface area contributed by atoms with Gasteiger partial charge in [0.2, 0.25) is 0 Å². The fraction of sp³-hybridized carbons (Fsp3) is 0. The predicted molar refractivity (Wildman–Crippen MR) is 177 cm³/mol. The third-order valence-electron chi connectivity index (χ3n) is 8.61. The molecular weight excluding hydrogens is 545 g/mol. The molecule has 3 aromatic heterocycles. The van der Waals surface area contributed by atoms with Crippen molar-refractivity contribution in [1.29, 1.82) is 10.5 Å². The lowest BCUT2D eigenvalue weighted by Gasteiger charge is -2.17. The van der Waals surface area contributed by atoms with E-state index >= 15 is 0 Å². The molecule has 0 aliphatic heterocycles. The Morgan fingerprint density at radius 3 is 1.77 bits per heavy atom. The second-order valence-corrected chi connectivity index (χ2v) is 11.8. The third kappa shape index (κ3) is 3.12. The quantitative estimate of drug-likeness (QED) is 0.210. The summed E-state index contributed by atoms with van der Waals surface area (Å²) < 4.78 is 6.78. The van der Waals surface area contributed by atoms with Gasteiger partial charge in [-0.1, -0.05) is 78.9 Å². The Kier molecular flexibility index (Phi) is 4.87. The number of aromatic nitrogens is 2. The highest BCUT2D eigenvalue weighted by molar-refractivity contribution is 7.26. The third-order valence-corrected chi connectivity index (χ3v) is 9.82. The molecule has 0 fully saturated rings. The number of fused-ring (bicyclic) bond motifs is 10. The van der Waals surface area contributed by atoms with Crippen LogP contribution in [0.25, 0.3) is 75.2 Å². The van der Waals surface area contributed by atoms with Crippen LogP contribution in [0, 0.1) is 22.7 Å². The molecule has 0 radical (unpaired) electrons. The van der Waals surface area contributed by atoms with E-state index in [4.69, 9.17) is 0 Å². The minimum atomic E-state index is 0.458. The molecule has 3 heterocycles. The van der Waals surface area contributed by atoms with Crippen LogP contribution in [-0.4, -0.2) is 9.13 Å². The van der Waals surface area contributed by atoms with Crippen molar-refractivity contribution in [2.75, 3.05) is 0 Å². The monoisotopic (exact) mass is 564 g/mol. The van der Waals surface area contributed by atoms with Gasteiger partial charge >= 0.3 is 0 Å². The van der Waals surface area contributed by atoms with Crippen molar-refractivity contribution in [2.24, 2.45) is 0 Å². The second kappa shape index (κ2) is 8.81. The molecule has 9 aromatic rings. The van der Waals surface area contributed by atoms with E-state index in [1.165, 1.54) is 25.6 Å². The van der Waals surface area contributed by atoms with Gasteiger partial charge in [-0.2, -0.15) is 10.5 Å². The topological polar surface area (TPSA) is 57.4 Å². The summed E-state index contributed by atoms with van der Waals surface area (Å²) in [6.45, 7) is 0.